The lowest BCUT2D eigenvalue weighted by Crippen LogP contribution is -2.00. The predicted octanol–water partition coefficient (Wildman–Crippen LogP) is 1.38. The summed E-state index contributed by atoms with van der Waals surface area (Å²) in [7, 11) is 0. The van der Waals surface area contributed by atoms with Crippen molar-refractivity contribution >= 4 is 5.71 Å². The molecular weight excluding hydrogens is 118 g/mol. The van der Waals surface area contributed by atoms with Crippen molar-refractivity contribution in [1.29, 1.82) is 5.41 Å². The average molecular weight is 131 g/mol. The van der Waals surface area contributed by atoms with E-state index in [-0.39, 0.29) is 0 Å². The van der Waals surface area contributed by atoms with Crippen molar-refractivity contribution in [3.8, 4) is 0 Å². The molecule has 0 rings (SSSR count). The van der Waals surface area contributed by atoms with E-state index in [1.54, 1.807) is 6.92 Å². The first-order valence-electron chi connectivity index (χ1n) is 3.05. The highest BCUT2D eigenvalue weighted by Crippen LogP contribution is 1.84. The molecule has 0 unspecified atom stereocenters. The van der Waals surface area contributed by atoms with E-state index in [9.17, 15) is 0 Å². The normalized spacial score (nSPS) is 9.56. The van der Waals surface area contributed by atoms with Gasteiger partial charge in [-0.3, -0.25) is 0 Å². The quantitative estimate of drug-likeness (QED) is 0.265. The van der Waals surface area contributed by atoms with Crippen molar-refractivity contribution in [3.63, 3.8) is 0 Å². The van der Waals surface area contributed by atoms with Crippen LogP contribution in [0.2, 0.25) is 0 Å². The Morgan fingerprint density at radius 3 is 2.56 bits per heavy atom. The van der Waals surface area contributed by atoms with E-state index in [4.69, 9.17) is 5.41 Å². The van der Waals surface area contributed by atoms with Gasteiger partial charge < -0.3 is 5.41 Å². The molecule has 3 nitrogen and oxygen atoms in total. The van der Waals surface area contributed by atoms with Gasteiger partial charge in [0.05, 0.1) is 13.2 Å². The summed E-state index contributed by atoms with van der Waals surface area (Å²) in [6, 6.07) is 0. The first-order chi connectivity index (χ1) is 4.27. The smallest absolute Gasteiger partial charge is 0.0874 e. The third kappa shape index (κ3) is 7.59. The number of hydrogen-bond donors (Lipinski definition) is 1. The van der Waals surface area contributed by atoms with Gasteiger partial charge >= 0.3 is 0 Å². The maximum absolute atomic E-state index is 6.99. The molecule has 0 bridgehead atoms. The van der Waals surface area contributed by atoms with Crippen LogP contribution < -0.4 is 0 Å². The summed E-state index contributed by atoms with van der Waals surface area (Å²) in [5.74, 6) is 0. The van der Waals surface area contributed by atoms with Gasteiger partial charge in [0.2, 0.25) is 0 Å². The summed E-state index contributed by atoms with van der Waals surface area (Å²) in [5, 5.41) is 6.99. The summed E-state index contributed by atoms with van der Waals surface area (Å²) in [4.78, 5) is 9.24. The summed E-state index contributed by atoms with van der Waals surface area (Å²) >= 11 is 0. The van der Waals surface area contributed by atoms with Gasteiger partial charge in [0, 0.05) is 12.1 Å². The van der Waals surface area contributed by atoms with Crippen LogP contribution in [0.4, 0.5) is 0 Å². The van der Waals surface area contributed by atoms with Crippen LogP contribution in [0.1, 0.15) is 20.3 Å². The Balaban J connectivity index is 2.83. The first-order valence-corrected chi connectivity index (χ1v) is 3.05. The molecule has 0 aliphatic heterocycles. The van der Waals surface area contributed by atoms with Gasteiger partial charge in [-0.1, -0.05) is 0 Å². The zero-order valence-electron chi connectivity index (χ0n) is 5.94. The van der Waals surface area contributed by atoms with E-state index in [2.05, 4.69) is 9.78 Å². The van der Waals surface area contributed by atoms with Crippen molar-refractivity contribution in [2.24, 2.45) is 0 Å². The second kappa shape index (κ2) is 5.72. The molecular formula is C6H13NO2. The molecule has 0 aliphatic carbocycles. The van der Waals surface area contributed by atoms with E-state index in [0.29, 0.717) is 25.3 Å². The van der Waals surface area contributed by atoms with E-state index in [0.717, 1.165) is 0 Å². The Labute approximate surface area is 55.4 Å². The lowest BCUT2D eigenvalue weighted by molar-refractivity contribution is -0.289. The minimum Gasteiger partial charge on any atom is -0.310 e. The molecule has 0 spiro atoms. The molecule has 0 aromatic carbocycles. The molecule has 54 valence electrons. The Morgan fingerprint density at radius 2 is 2.11 bits per heavy atom. The second-order valence-corrected chi connectivity index (χ2v) is 1.76. The SMILES string of the molecule is CCOOCCC(C)=N. The van der Waals surface area contributed by atoms with E-state index in [1.165, 1.54) is 0 Å². The van der Waals surface area contributed by atoms with Crippen LogP contribution >= 0.6 is 0 Å². The van der Waals surface area contributed by atoms with Crippen LogP contribution in [0.5, 0.6) is 0 Å². The molecule has 0 saturated carbocycles. The molecule has 0 amide bonds. The molecule has 0 aromatic heterocycles. The molecule has 0 saturated heterocycles. The number of nitrogens with one attached hydrogen (secondary N) is 1. The van der Waals surface area contributed by atoms with Crippen LogP contribution in [0.15, 0.2) is 0 Å². The lowest BCUT2D eigenvalue weighted by Gasteiger charge is -1.98. The fraction of sp³-hybridized carbons (Fsp3) is 0.833. The first kappa shape index (κ1) is 8.59. The van der Waals surface area contributed by atoms with E-state index < -0.39 is 0 Å². The van der Waals surface area contributed by atoms with Crippen LogP contribution in [0.25, 0.3) is 0 Å². The summed E-state index contributed by atoms with van der Waals surface area (Å²) in [5.41, 5.74) is 0.620. The predicted molar refractivity (Wildman–Crippen MR) is 35.6 cm³/mol. The van der Waals surface area contributed by atoms with Gasteiger partial charge in [0.1, 0.15) is 0 Å². The topological polar surface area (TPSA) is 42.3 Å². The fourth-order valence-corrected chi connectivity index (χ4v) is 0.337. The van der Waals surface area contributed by atoms with Crippen molar-refractivity contribution < 1.29 is 9.78 Å². The van der Waals surface area contributed by atoms with Crippen molar-refractivity contribution in [1.82, 2.24) is 0 Å². The van der Waals surface area contributed by atoms with Crippen molar-refractivity contribution in [2.75, 3.05) is 13.2 Å². The summed E-state index contributed by atoms with van der Waals surface area (Å²) < 4.78 is 0. The van der Waals surface area contributed by atoms with Crippen LogP contribution in [-0.2, 0) is 9.78 Å². The van der Waals surface area contributed by atoms with Gasteiger partial charge in [0.25, 0.3) is 0 Å². The zero-order chi connectivity index (χ0) is 7.11. The van der Waals surface area contributed by atoms with Gasteiger partial charge in [0.15, 0.2) is 0 Å². The summed E-state index contributed by atoms with van der Waals surface area (Å²) in [6.45, 7) is 4.66. The minimum absolute atomic E-state index is 0.489. The minimum atomic E-state index is 0.489. The highest BCUT2D eigenvalue weighted by atomic mass is 17.2. The van der Waals surface area contributed by atoms with Crippen molar-refractivity contribution in [3.05, 3.63) is 0 Å². The standard InChI is InChI=1S/C6H13NO2/c1-3-8-9-5-4-6(2)7/h7H,3-5H2,1-2H3. The third-order valence-electron chi connectivity index (χ3n) is 0.762. The molecule has 9 heavy (non-hydrogen) atoms. The Kier molecular flexibility index (Phi) is 5.46. The molecule has 0 atom stereocenters. The monoisotopic (exact) mass is 131 g/mol. The number of rotatable bonds is 5. The molecule has 0 fully saturated rings. The molecule has 0 aliphatic rings. The van der Waals surface area contributed by atoms with Crippen LogP contribution in [-0.4, -0.2) is 18.9 Å². The lowest BCUT2D eigenvalue weighted by atomic mass is 10.3. The van der Waals surface area contributed by atoms with E-state index >= 15 is 0 Å². The third-order valence-corrected chi connectivity index (χ3v) is 0.762. The molecule has 0 heterocycles. The Hall–Kier alpha value is -0.410. The summed E-state index contributed by atoms with van der Waals surface area (Å²) in [6.07, 6.45) is 0.653. The van der Waals surface area contributed by atoms with Crippen LogP contribution in [0.3, 0.4) is 0 Å². The highest BCUT2D eigenvalue weighted by molar-refractivity contribution is 5.78. The zero-order valence-corrected chi connectivity index (χ0v) is 5.94. The highest BCUT2D eigenvalue weighted by Gasteiger charge is 1.88. The molecule has 0 radical (unpaired) electrons. The average Bonchev–Trinajstić information content (AvgIpc) is 1.80. The maximum Gasteiger partial charge on any atom is 0.0874 e. The number of hydrogen-bond acceptors (Lipinski definition) is 3. The van der Waals surface area contributed by atoms with E-state index in [1.807, 2.05) is 6.92 Å². The van der Waals surface area contributed by atoms with Crippen LogP contribution in [0, 0.1) is 5.41 Å². The Morgan fingerprint density at radius 1 is 1.44 bits per heavy atom. The molecule has 3 heteroatoms. The van der Waals surface area contributed by atoms with Gasteiger partial charge in [-0.2, -0.15) is 0 Å². The molecule has 0 aromatic rings. The maximum atomic E-state index is 6.99. The fourth-order valence-electron chi connectivity index (χ4n) is 0.337. The van der Waals surface area contributed by atoms with Crippen molar-refractivity contribution in [2.45, 2.75) is 20.3 Å². The largest absolute Gasteiger partial charge is 0.310 e. The molecule has 1 N–H and O–H groups in total. The van der Waals surface area contributed by atoms with Gasteiger partial charge in [-0.05, 0) is 13.8 Å². The second-order valence-electron chi connectivity index (χ2n) is 1.76. The Bertz CT molecular complexity index is 83.1. The van der Waals surface area contributed by atoms with Gasteiger partial charge in [-0.15, -0.1) is 0 Å². The van der Waals surface area contributed by atoms with Gasteiger partial charge in [-0.25, -0.2) is 9.78 Å².